The highest BCUT2D eigenvalue weighted by Gasteiger charge is 2.19. The van der Waals surface area contributed by atoms with E-state index in [0.29, 0.717) is 10.6 Å². The van der Waals surface area contributed by atoms with E-state index in [0.717, 1.165) is 5.56 Å². The van der Waals surface area contributed by atoms with Crippen LogP contribution in [0.15, 0.2) is 53.4 Å². The number of carbonyl (C=O) groups excluding carboxylic acids is 1. The van der Waals surface area contributed by atoms with E-state index in [4.69, 9.17) is 11.6 Å². The first-order valence-electron chi connectivity index (χ1n) is 7.03. The van der Waals surface area contributed by atoms with Gasteiger partial charge in [-0.15, -0.1) is 0 Å². The molecule has 2 aromatic rings. The van der Waals surface area contributed by atoms with Crippen LogP contribution in [-0.4, -0.2) is 32.5 Å². The number of amides is 1. The van der Waals surface area contributed by atoms with Gasteiger partial charge in [-0.2, -0.15) is 0 Å². The molecule has 6 heteroatoms. The van der Waals surface area contributed by atoms with Crippen molar-refractivity contribution in [3.63, 3.8) is 0 Å². The lowest BCUT2D eigenvalue weighted by Gasteiger charge is -2.25. The van der Waals surface area contributed by atoms with Crippen molar-refractivity contribution in [3.05, 3.63) is 64.7 Å². The Hall–Kier alpha value is -1.85. The number of benzene rings is 2. The van der Waals surface area contributed by atoms with Gasteiger partial charge >= 0.3 is 0 Å². The molecule has 1 amide bonds. The molecule has 0 aliphatic rings. The lowest BCUT2D eigenvalue weighted by Crippen LogP contribution is -2.29. The summed E-state index contributed by atoms with van der Waals surface area (Å²) in [5.74, 6) is -0.124. The Labute approximate surface area is 141 Å². The molecule has 0 bridgehead atoms. The van der Waals surface area contributed by atoms with Gasteiger partial charge in [-0.05, 0) is 48.9 Å². The SMILES string of the molecule is CC(c1ccc(S(C)(=O)=O)cc1)N(C)C(=O)c1ccc(Cl)cc1. The first-order chi connectivity index (χ1) is 10.7. The third-order valence-corrected chi connectivity index (χ3v) is 5.16. The maximum absolute atomic E-state index is 12.5. The van der Waals surface area contributed by atoms with Gasteiger partial charge in [-0.1, -0.05) is 23.7 Å². The fraction of sp³-hybridized carbons (Fsp3) is 0.235. The molecule has 1 atom stereocenters. The van der Waals surface area contributed by atoms with Crippen LogP contribution in [0.1, 0.15) is 28.9 Å². The van der Waals surface area contributed by atoms with Crippen LogP contribution in [-0.2, 0) is 9.84 Å². The van der Waals surface area contributed by atoms with Crippen LogP contribution in [0.5, 0.6) is 0 Å². The van der Waals surface area contributed by atoms with E-state index in [1.54, 1.807) is 60.5 Å². The highest BCUT2D eigenvalue weighted by molar-refractivity contribution is 7.90. The fourth-order valence-electron chi connectivity index (χ4n) is 2.19. The molecule has 0 spiro atoms. The Bertz CT molecular complexity index is 799. The van der Waals surface area contributed by atoms with E-state index in [1.807, 2.05) is 6.92 Å². The van der Waals surface area contributed by atoms with Crippen molar-refractivity contribution in [1.82, 2.24) is 4.90 Å². The number of halogens is 1. The largest absolute Gasteiger partial charge is 0.335 e. The Morgan fingerprint density at radius 2 is 1.57 bits per heavy atom. The molecular formula is C17H18ClNO3S. The van der Waals surface area contributed by atoms with Crippen LogP contribution < -0.4 is 0 Å². The molecule has 2 aromatic carbocycles. The van der Waals surface area contributed by atoms with Crippen LogP contribution in [0.2, 0.25) is 5.02 Å². The predicted molar refractivity (Wildman–Crippen MR) is 91.5 cm³/mol. The fourth-order valence-corrected chi connectivity index (χ4v) is 2.95. The number of sulfone groups is 1. The highest BCUT2D eigenvalue weighted by atomic mass is 35.5. The lowest BCUT2D eigenvalue weighted by molar-refractivity contribution is 0.0742. The van der Waals surface area contributed by atoms with Crippen molar-refractivity contribution in [2.24, 2.45) is 0 Å². The number of hydrogen-bond acceptors (Lipinski definition) is 3. The zero-order valence-corrected chi connectivity index (χ0v) is 14.7. The van der Waals surface area contributed by atoms with Gasteiger partial charge in [0.25, 0.3) is 5.91 Å². The molecule has 0 fully saturated rings. The molecule has 0 heterocycles. The minimum Gasteiger partial charge on any atom is -0.335 e. The number of carbonyl (C=O) groups is 1. The van der Waals surface area contributed by atoms with Crippen LogP contribution in [0.4, 0.5) is 0 Å². The van der Waals surface area contributed by atoms with Gasteiger partial charge in [0.15, 0.2) is 9.84 Å². The molecule has 0 radical (unpaired) electrons. The van der Waals surface area contributed by atoms with Gasteiger partial charge in [-0.25, -0.2) is 8.42 Å². The topological polar surface area (TPSA) is 54.5 Å². The Morgan fingerprint density at radius 1 is 1.04 bits per heavy atom. The molecule has 1 unspecified atom stereocenters. The lowest BCUT2D eigenvalue weighted by atomic mass is 10.1. The normalized spacial score (nSPS) is 12.7. The summed E-state index contributed by atoms with van der Waals surface area (Å²) in [6.07, 6.45) is 1.17. The van der Waals surface area contributed by atoms with E-state index in [2.05, 4.69) is 0 Å². The smallest absolute Gasteiger partial charge is 0.254 e. The summed E-state index contributed by atoms with van der Waals surface area (Å²) in [5, 5.41) is 0.577. The molecule has 23 heavy (non-hydrogen) atoms. The van der Waals surface area contributed by atoms with E-state index in [9.17, 15) is 13.2 Å². The summed E-state index contributed by atoms with van der Waals surface area (Å²) >= 11 is 5.83. The molecule has 0 N–H and O–H groups in total. The van der Waals surface area contributed by atoms with Crippen molar-refractivity contribution < 1.29 is 13.2 Å². The molecule has 4 nitrogen and oxygen atoms in total. The van der Waals surface area contributed by atoms with Gasteiger partial charge in [0.1, 0.15) is 0 Å². The maximum atomic E-state index is 12.5. The Morgan fingerprint density at radius 3 is 2.04 bits per heavy atom. The quantitative estimate of drug-likeness (QED) is 0.846. The molecule has 0 aliphatic carbocycles. The van der Waals surface area contributed by atoms with Crippen molar-refractivity contribution in [3.8, 4) is 0 Å². The van der Waals surface area contributed by atoms with Crippen molar-refractivity contribution >= 4 is 27.3 Å². The van der Waals surface area contributed by atoms with Gasteiger partial charge in [0.05, 0.1) is 10.9 Å². The summed E-state index contributed by atoms with van der Waals surface area (Å²) in [6, 6.07) is 13.1. The van der Waals surface area contributed by atoms with Gasteiger partial charge in [-0.3, -0.25) is 4.79 Å². The highest BCUT2D eigenvalue weighted by Crippen LogP contribution is 2.23. The van der Waals surface area contributed by atoms with Crippen LogP contribution in [0.3, 0.4) is 0 Å². The maximum Gasteiger partial charge on any atom is 0.254 e. The van der Waals surface area contributed by atoms with Crippen molar-refractivity contribution in [2.75, 3.05) is 13.3 Å². The number of rotatable bonds is 4. The molecule has 0 aromatic heterocycles. The van der Waals surface area contributed by atoms with E-state index in [1.165, 1.54) is 6.26 Å². The second kappa shape index (κ2) is 6.72. The third kappa shape index (κ3) is 4.12. The third-order valence-electron chi connectivity index (χ3n) is 3.78. The van der Waals surface area contributed by atoms with Crippen molar-refractivity contribution in [1.29, 1.82) is 0 Å². The molecular weight excluding hydrogens is 334 g/mol. The molecule has 0 aliphatic heterocycles. The summed E-state index contributed by atoms with van der Waals surface area (Å²) in [4.78, 5) is 14.4. The number of hydrogen-bond donors (Lipinski definition) is 0. The van der Waals surface area contributed by atoms with Gasteiger partial charge < -0.3 is 4.90 Å². The van der Waals surface area contributed by atoms with Gasteiger partial charge in [0.2, 0.25) is 0 Å². The standard InChI is InChI=1S/C17H18ClNO3S/c1-12(13-6-10-16(11-7-13)23(3,21)22)19(2)17(20)14-4-8-15(18)9-5-14/h4-12H,1-3H3. The van der Waals surface area contributed by atoms with Crippen molar-refractivity contribution in [2.45, 2.75) is 17.9 Å². The zero-order valence-electron chi connectivity index (χ0n) is 13.2. The van der Waals surface area contributed by atoms with Crippen LogP contribution in [0.25, 0.3) is 0 Å². The average Bonchev–Trinajstić information content (AvgIpc) is 2.53. The molecule has 0 saturated heterocycles. The minimum absolute atomic E-state index is 0.124. The van der Waals surface area contributed by atoms with Crippen LogP contribution >= 0.6 is 11.6 Å². The monoisotopic (exact) mass is 351 g/mol. The molecule has 0 saturated carbocycles. The summed E-state index contributed by atoms with van der Waals surface area (Å²) < 4.78 is 23.0. The number of nitrogens with zero attached hydrogens (tertiary/aromatic N) is 1. The van der Waals surface area contributed by atoms with E-state index in [-0.39, 0.29) is 16.8 Å². The Kier molecular flexibility index (Phi) is 5.12. The zero-order chi connectivity index (χ0) is 17.2. The first-order valence-corrected chi connectivity index (χ1v) is 9.30. The Balaban J connectivity index is 2.20. The summed E-state index contributed by atoms with van der Waals surface area (Å²) in [5.41, 5.74) is 1.42. The first kappa shape index (κ1) is 17.5. The van der Waals surface area contributed by atoms with Crippen LogP contribution in [0, 0.1) is 0 Å². The van der Waals surface area contributed by atoms with E-state index < -0.39 is 9.84 Å². The molecule has 2 rings (SSSR count). The van der Waals surface area contributed by atoms with Gasteiger partial charge in [0, 0.05) is 23.9 Å². The molecule has 122 valence electrons. The van der Waals surface area contributed by atoms with E-state index >= 15 is 0 Å². The second-order valence-corrected chi connectivity index (χ2v) is 7.89. The average molecular weight is 352 g/mol. The second-order valence-electron chi connectivity index (χ2n) is 5.44. The summed E-state index contributed by atoms with van der Waals surface area (Å²) in [6.45, 7) is 1.89. The predicted octanol–water partition coefficient (Wildman–Crippen LogP) is 3.58. The summed E-state index contributed by atoms with van der Waals surface area (Å²) in [7, 11) is -1.51. The minimum atomic E-state index is -3.22.